The molecule has 1 aromatic rings. The van der Waals surface area contributed by atoms with Crippen LogP contribution in [0.3, 0.4) is 0 Å². The van der Waals surface area contributed by atoms with Gasteiger partial charge in [-0.2, -0.15) is 0 Å². The third-order valence-electron chi connectivity index (χ3n) is 3.70. The Hall–Kier alpha value is -2.04. The van der Waals surface area contributed by atoms with Gasteiger partial charge in [-0.1, -0.05) is 6.07 Å². The number of piperidine rings is 1. The standard InChI is InChI=1S/C16H23N3O2/c1-18(2)15(20)12-17-14-8-6-7-13(11-14)16(21)19-9-4-3-5-10-19/h6-8,11,17H,3-5,9-10,12H2,1-2H3. The van der Waals surface area contributed by atoms with Crippen LogP contribution in [-0.2, 0) is 4.79 Å². The molecule has 1 aliphatic heterocycles. The molecule has 0 aromatic heterocycles. The number of amides is 2. The highest BCUT2D eigenvalue weighted by Gasteiger charge is 2.18. The molecule has 2 rings (SSSR count). The normalized spacial score (nSPS) is 14.7. The number of likely N-dealkylation sites (tertiary alicyclic amines) is 1. The van der Waals surface area contributed by atoms with Crippen LogP contribution in [0.4, 0.5) is 5.69 Å². The summed E-state index contributed by atoms with van der Waals surface area (Å²) in [6, 6.07) is 7.37. The van der Waals surface area contributed by atoms with Crippen molar-refractivity contribution >= 4 is 17.5 Å². The van der Waals surface area contributed by atoms with Crippen LogP contribution in [0.5, 0.6) is 0 Å². The largest absolute Gasteiger partial charge is 0.376 e. The predicted octanol–water partition coefficient (Wildman–Crippen LogP) is 1.81. The van der Waals surface area contributed by atoms with Crippen molar-refractivity contribution in [3.8, 4) is 0 Å². The van der Waals surface area contributed by atoms with Crippen molar-refractivity contribution in [2.75, 3.05) is 39.0 Å². The number of hydrogen-bond acceptors (Lipinski definition) is 3. The van der Waals surface area contributed by atoms with E-state index in [0.29, 0.717) is 5.56 Å². The molecule has 1 fully saturated rings. The first-order chi connectivity index (χ1) is 10.1. The van der Waals surface area contributed by atoms with Crippen LogP contribution < -0.4 is 5.32 Å². The monoisotopic (exact) mass is 289 g/mol. The minimum Gasteiger partial charge on any atom is -0.376 e. The zero-order valence-corrected chi connectivity index (χ0v) is 12.8. The van der Waals surface area contributed by atoms with E-state index >= 15 is 0 Å². The minimum atomic E-state index is 0.00256. The summed E-state index contributed by atoms with van der Waals surface area (Å²) in [6.45, 7) is 1.92. The summed E-state index contributed by atoms with van der Waals surface area (Å²) < 4.78 is 0. The summed E-state index contributed by atoms with van der Waals surface area (Å²) in [4.78, 5) is 27.4. The van der Waals surface area contributed by atoms with E-state index in [2.05, 4.69) is 5.32 Å². The van der Waals surface area contributed by atoms with Gasteiger partial charge in [-0.3, -0.25) is 9.59 Å². The van der Waals surface area contributed by atoms with Gasteiger partial charge in [0.05, 0.1) is 6.54 Å². The van der Waals surface area contributed by atoms with E-state index in [1.54, 1.807) is 14.1 Å². The molecule has 1 N–H and O–H groups in total. The van der Waals surface area contributed by atoms with E-state index in [-0.39, 0.29) is 18.4 Å². The van der Waals surface area contributed by atoms with Crippen LogP contribution in [-0.4, -0.2) is 55.3 Å². The number of nitrogens with zero attached hydrogens (tertiary/aromatic N) is 2. The number of anilines is 1. The Morgan fingerprint density at radius 2 is 1.90 bits per heavy atom. The van der Waals surface area contributed by atoms with Crippen molar-refractivity contribution in [2.24, 2.45) is 0 Å². The number of hydrogen-bond donors (Lipinski definition) is 1. The molecule has 0 radical (unpaired) electrons. The maximum absolute atomic E-state index is 12.4. The summed E-state index contributed by atoms with van der Waals surface area (Å²) in [5.74, 6) is 0.0834. The molecule has 0 atom stereocenters. The molecular weight excluding hydrogens is 266 g/mol. The molecular formula is C16H23N3O2. The zero-order chi connectivity index (χ0) is 15.2. The summed E-state index contributed by atoms with van der Waals surface area (Å²) in [5, 5.41) is 3.06. The Morgan fingerprint density at radius 1 is 1.19 bits per heavy atom. The second-order valence-electron chi connectivity index (χ2n) is 5.58. The maximum Gasteiger partial charge on any atom is 0.253 e. The predicted molar refractivity (Wildman–Crippen MR) is 83.4 cm³/mol. The van der Waals surface area contributed by atoms with Crippen molar-refractivity contribution in [1.82, 2.24) is 9.80 Å². The van der Waals surface area contributed by atoms with E-state index in [1.165, 1.54) is 11.3 Å². The maximum atomic E-state index is 12.4. The topological polar surface area (TPSA) is 52.7 Å². The highest BCUT2D eigenvalue weighted by atomic mass is 16.2. The average molecular weight is 289 g/mol. The number of rotatable bonds is 4. The van der Waals surface area contributed by atoms with E-state index in [1.807, 2.05) is 29.2 Å². The second kappa shape index (κ2) is 7.11. The molecule has 21 heavy (non-hydrogen) atoms. The Balaban J connectivity index is 1.99. The number of carbonyl (C=O) groups is 2. The lowest BCUT2D eigenvalue weighted by Gasteiger charge is -2.26. The summed E-state index contributed by atoms with van der Waals surface area (Å²) in [5.41, 5.74) is 1.48. The summed E-state index contributed by atoms with van der Waals surface area (Å²) in [7, 11) is 3.45. The fourth-order valence-electron chi connectivity index (χ4n) is 2.38. The Labute approximate surface area is 125 Å². The van der Waals surface area contributed by atoms with Gasteiger partial charge in [0.15, 0.2) is 0 Å². The Morgan fingerprint density at radius 3 is 2.57 bits per heavy atom. The van der Waals surface area contributed by atoms with Crippen molar-refractivity contribution in [1.29, 1.82) is 0 Å². The van der Waals surface area contributed by atoms with Gasteiger partial charge in [0.25, 0.3) is 5.91 Å². The lowest BCUT2D eigenvalue weighted by atomic mass is 10.1. The molecule has 1 saturated heterocycles. The molecule has 0 saturated carbocycles. The van der Waals surface area contributed by atoms with E-state index in [0.717, 1.165) is 31.6 Å². The molecule has 1 heterocycles. The molecule has 0 bridgehead atoms. The fourth-order valence-corrected chi connectivity index (χ4v) is 2.38. The second-order valence-corrected chi connectivity index (χ2v) is 5.58. The molecule has 0 spiro atoms. The van der Waals surface area contributed by atoms with Gasteiger partial charge < -0.3 is 15.1 Å². The van der Waals surface area contributed by atoms with Crippen LogP contribution in [0.1, 0.15) is 29.6 Å². The van der Waals surface area contributed by atoms with E-state index < -0.39 is 0 Å². The number of nitrogens with one attached hydrogen (secondary N) is 1. The number of carbonyl (C=O) groups excluding carboxylic acids is 2. The number of likely N-dealkylation sites (N-methyl/N-ethyl adjacent to an activating group) is 1. The Kier molecular flexibility index (Phi) is 5.20. The molecule has 2 amide bonds. The number of benzene rings is 1. The zero-order valence-electron chi connectivity index (χ0n) is 12.8. The van der Waals surface area contributed by atoms with E-state index in [4.69, 9.17) is 0 Å². The highest BCUT2D eigenvalue weighted by Crippen LogP contribution is 2.16. The van der Waals surface area contributed by atoms with Crippen LogP contribution in [0.15, 0.2) is 24.3 Å². The molecule has 5 heteroatoms. The molecule has 114 valence electrons. The van der Waals surface area contributed by atoms with Gasteiger partial charge in [-0.05, 0) is 37.5 Å². The minimum absolute atomic E-state index is 0.00256. The Bertz CT molecular complexity index is 508. The molecule has 1 aromatic carbocycles. The van der Waals surface area contributed by atoms with Crippen molar-refractivity contribution in [2.45, 2.75) is 19.3 Å². The van der Waals surface area contributed by atoms with Crippen LogP contribution in [0.25, 0.3) is 0 Å². The van der Waals surface area contributed by atoms with Crippen LogP contribution >= 0.6 is 0 Å². The quantitative estimate of drug-likeness (QED) is 0.920. The van der Waals surface area contributed by atoms with Crippen molar-refractivity contribution in [3.63, 3.8) is 0 Å². The van der Waals surface area contributed by atoms with Gasteiger partial charge in [0, 0.05) is 38.4 Å². The van der Waals surface area contributed by atoms with Gasteiger partial charge >= 0.3 is 0 Å². The first-order valence-corrected chi connectivity index (χ1v) is 7.41. The van der Waals surface area contributed by atoms with Gasteiger partial charge in [0.2, 0.25) is 5.91 Å². The molecule has 0 unspecified atom stereocenters. The van der Waals surface area contributed by atoms with E-state index in [9.17, 15) is 9.59 Å². The third kappa shape index (κ3) is 4.21. The smallest absolute Gasteiger partial charge is 0.253 e. The van der Waals surface area contributed by atoms with Crippen LogP contribution in [0, 0.1) is 0 Å². The van der Waals surface area contributed by atoms with Crippen molar-refractivity contribution in [3.05, 3.63) is 29.8 Å². The molecule has 0 aliphatic carbocycles. The average Bonchev–Trinajstić information content (AvgIpc) is 2.53. The first kappa shape index (κ1) is 15.4. The third-order valence-corrected chi connectivity index (χ3v) is 3.70. The molecule has 5 nitrogen and oxygen atoms in total. The van der Waals surface area contributed by atoms with Crippen molar-refractivity contribution < 1.29 is 9.59 Å². The van der Waals surface area contributed by atoms with Gasteiger partial charge in [0.1, 0.15) is 0 Å². The van der Waals surface area contributed by atoms with Gasteiger partial charge in [-0.25, -0.2) is 0 Å². The highest BCUT2D eigenvalue weighted by molar-refractivity contribution is 5.95. The summed E-state index contributed by atoms with van der Waals surface area (Å²) in [6.07, 6.45) is 3.38. The fraction of sp³-hybridized carbons (Fsp3) is 0.500. The molecule has 1 aliphatic rings. The lowest BCUT2D eigenvalue weighted by Crippen LogP contribution is -2.35. The van der Waals surface area contributed by atoms with Gasteiger partial charge in [-0.15, -0.1) is 0 Å². The van der Waals surface area contributed by atoms with Crippen LogP contribution in [0.2, 0.25) is 0 Å². The SMILES string of the molecule is CN(C)C(=O)CNc1cccc(C(=O)N2CCCCC2)c1. The lowest BCUT2D eigenvalue weighted by molar-refractivity contribution is -0.126. The summed E-state index contributed by atoms with van der Waals surface area (Å²) >= 11 is 0. The first-order valence-electron chi connectivity index (χ1n) is 7.41.